The van der Waals surface area contributed by atoms with Crippen molar-refractivity contribution >= 4 is 36.9 Å². The Bertz CT molecular complexity index is 1730. The smallest absolute Gasteiger partial charge is 0.407 e. The standard InChI is InChI=1S/C35H48F3N5O6Si/c1-24(35(36,37)38)20-25-12-10-15-28-32(25)40-30(43(28)23-49-18-19-50(5,6)7)22-42-17-11-13-26(33(42)46)21-29(44)27(39-34(47)48-4)14-8-9-16-31(45)41(2)3/h9-13,15-17,24,27H,8,14,18-23H2,1-7H3,(H,39,47)/b16-9+/t24?,27-/m0/s1. The number of halogens is 3. The monoisotopic (exact) mass is 719 g/mol. The second kappa shape index (κ2) is 17.6. The second-order valence-corrected chi connectivity index (χ2v) is 19.4. The Labute approximate surface area is 291 Å². The van der Waals surface area contributed by atoms with Gasteiger partial charge in [-0.1, -0.05) is 50.8 Å². The molecule has 15 heteroatoms. The normalized spacial score (nSPS) is 13.4. The molecule has 2 amide bonds. The molecule has 0 spiro atoms. The Morgan fingerprint density at radius 3 is 2.44 bits per heavy atom. The fourth-order valence-corrected chi connectivity index (χ4v) is 5.84. The van der Waals surface area contributed by atoms with E-state index < -0.39 is 43.6 Å². The molecule has 11 nitrogen and oxygen atoms in total. The number of carbonyl (C=O) groups is 3. The van der Waals surface area contributed by atoms with Crippen LogP contribution in [-0.2, 0) is 45.2 Å². The first-order chi connectivity index (χ1) is 23.4. The molecular formula is C35H48F3N5O6Si. The summed E-state index contributed by atoms with van der Waals surface area (Å²) in [6.07, 6.45) is -0.716. The average molecular weight is 720 g/mol. The van der Waals surface area contributed by atoms with Crippen LogP contribution in [0.1, 0.15) is 36.7 Å². The van der Waals surface area contributed by atoms with Crippen molar-refractivity contribution in [3.63, 3.8) is 0 Å². The largest absolute Gasteiger partial charge is 0.453 e. The van der Waals surface area contributed by atoms with E-state index in [1.807, 2.05) is 0 Å². The number of pyridine rings is 1. The van der Waals surface area contributed by atoms with Crippen LogP contribution in [0.15, 0.2) is 53.5 Å². The average Bonchev–Trinajstić information content (AvgIpc) is 3.38. The number of rotatable bonds is 17. The lowest BCUT2D eigenvalue weighted by atomic mass is 9.99. The van der Waals surface area contributed by atoms with Gasteiger partial charge in [0.15, 0.2) is 5.78 Å². The highest BCUT2D eigenvalue weighted by atomic mass is 28.3. The molecule has 0 fully saturated rings. The molecule has 3 rings (SSSR count). The third-order valence-electron chi connectivity index (χ3n) is 8.21. The van der Waals surface area contributed by atoms with Crippen molar-refractivity contribution in [3.05, 3.63) is 76.0 Å². The maximum absolute atomic E-state index is 13.7. The molecule has 0 aliphatic rings. The molecule has 2 heterocycles. The number of para-hydroxylation sites is 1. The van der Waals surface area contributed by atoms with Crippen LogP contribution in [0, 0.1) is 5.92 Å². The van der Waals surface area contributed by atoms with Crippen LogP contribution in [0.4, 0.5) is 18.0 Å². The van der Waals surface area contributed by atoms with Gasteiger partial charge in [0, 0.05) is 47.0 Å². The summed E-state index contributed by atoms with van der Waals surface area (Å²) in [5.74, 6) is -1.82. The van der Waals surface area contributed by atoms with Crippen LogP contribution in [0.3, 0.4) is 0 Å². The molecule has 0 saturated carbocycles. The van der Waals surface area contributed by atoms with Gasteiger partial charge in [0.05, 0.1) is 36.6 Å². The summed E-state index contributed by atoms with van der Waals surface area (Å²) in [5, 5.41) is 2.51. The van der Waals surface area contributed by atoms with Gasteiger partial charge in [0.1, 0.15) is 12.6 Å². The summed E-state index contributed by atoms with van der Waals surface area (Å²) in [6, 6.07) is 8.17. The first-order valence-corrected chi connectivity index (χ1v) is 20.2. The predicted octanol–water partition coefficient (Wildman–Crippen LogP) is 5.56. The van der Waals surface area contributed by atoms with Gasteiger partial charge in [-0.2, -0.15) is 13.2 Å². The highest BCUT2D eigenvalue weighted by molar-refractivity contribution is 6.76. The molecule has 1 N–H and O–H groups in total. The van der Waals surface area contributed by atoms with Gasteiger partial charge >= 0.3 is 12.3 Å². The van der Waals surface area contributed by atoms with E-state index in [0.717, 1.165) is 13.0 Å². The SMILES string of the molecule is COC(=O)N[C@@H](CC/C=C/C(=O)N(C)C)C(=O)Cc1cccn(Cc2nc3c(CC(C)C(F)(F)F)cccc3n2COCC[Si](C)(C)C)c1=O. The van der Waals surface area contributed by atoms with Crippen LogP contribution in [0.2, 0.25) is 25.7 Å². The number of imidazole rings is 1. The van der Waals surface area contributed by atoms with Crippen molar-refractivity contribution in [2.75, 3.05) is 27.8 Å². The number of carbonyl (C=O) groups excluding carboxylic acids is 3. The van der Waals surface area contributed by atoms with E-state index in [1.165, 1.54) is 28.7 Å². The van der Waals surface area contributed by atoms with Crippen molar-refractivity contribution in [1.29, 1.82) is 0 Å². The molecule has 1 aromatic carbocycles. The maximum Gasteiger partial charge on any atom is 0.407 e. The van der Waals surface area contributed by atoms with Crippen molar-refractivity contribution in [1.82, 2.24) is 24.3 Å². The minimum absolute atomic E-state index is 0.0320. The Morgan fingerprint density at radius 2 is 1.80 bits per heavy atom. The molecule has 50 heavy (non-hydrogen) atoms. The van der Waals surface area contributed by atoms with Crippen LogP contribution in [0.25, 0.3) is 11.0 Å². The summed E-state index contributed by atoms with van der Waals surface area (Å²) >= 11 is 0. The lowest BCUT2D eigenvalue weighted by molar-refractivity contribution is -0.169. The molecule has 1 unspecified atom stereocenters. The van der Waals surface area contributed by atoms with Gasteiger partial charge in [-0.25, -0.2) is 9.78 Å². The topological polar surface area (TPSA) is 125 Å². The molecule has 0 aliphatic carbocycles. The van der Waals surface area contributed by atoms with E-state index in [1.54, 1.807) is 55.2 Å². The maximum atomic E-state index is 13.7. The number of ether oxygens (including phenoxy) is 2. The zero-order valence-electron chi connectivity index (χ0n) is 29.8. The number of likely N-dealkylation sites (N-methyl/N-ethyl adjacent to an activating group) is 1. The van der Waals surface area contributed by atoms with Gasteiger partial charge in [-0.15, -0.1) is 0 Å². The van der Waals surface area contributed by atoms with Crippen LogP contribution >= 0.6 is 0 Å². The Kier molecular flexibility index (Phi) is 14.2. The van der Waals surface area contributed by atoms with Crippen molar-refractivity contribution in [3.8, 4) is 0 Å². The Morgan fingerprint density at radius 1 is 1.10 bits per heavy atom. The van der Waals surface area contributed by atoms with Gasteiger partial charge < -0.3 is 28.8 Å². The number of ketones is 1. The predicted molar refractivity (Wildman–Crippen MR) is 188 cm³/mol. The number of alkyl halides is 3. The zero-order valence-corrected chi connectivity index (χ0v) is 30.8. The number of benzene rings is 1. The molecular weight excluding hydrogens is 671 g/mol. The fraction of sp³-hybridized carbons (Fsp3) is 0.514. The molecule has 2 atom stereocenters. The number of Topliss-reactive ketones (excluding diaryl/α,β-unsaturated/α-hetero) is 1. The molecule has 0 aliphatic heterocycles. The minimum Gasteiger partial charge on any atom is -0.453 e. The van der Waals surface area contributed by atoms with E-state index in [0.29, 0.717) is 35.4 Å². The zero-order chi connectivity index (χ0) is 37.2. The lowest BCUT2D eigenvalue weighted by Crippen LogP contribution is -2.42. The van der Waals surface area contributed by atoms with Crippen molar-refractivity contribution in [2.45, 2.75) is 83.8 Å². The first kappa shape index (κ1) is 40.2. The summed E-state index contributed by atoms with van der Waals surface area (Å²) in [7, 11) is 3.00. The van der Waals surface area contributed by atoms with Gasteiger partial charge in [-0.05, 0) is 49.1 Å². The Balaban J connectivity index is 1.92. The number of nitrogens with one attached hydrogen (secondary N) is 1. The summed E-state index contributed by atoms with van der Waals surface area (Å²) in [5.41, 5.74) is 1.16. The second-order valence-electron chi connectivity index (χ2n) is 13.7. The van der Waals surface area contributed by atoms with E-state index >= 15 is 0 Å². The Hall–Kier alpha value is -4.24. The third-order valence-corrected chi connectivity index (χ3v) is 9.91. The van der Waals surface area contributed by atoms with Gasteiger partial charge in [0.2, 0.25) is 5.91 Å². The number of allylic oxidation sites excluding steroid dienone is 1. The number of aromatic nitrogens is 3. The van der Waals surface area contributed by atoms with Crippen molar-refractivity contribution in [2.24, 2.45) is 5.92 Å². The minimum atomic E-state index is -4.37. The molecule has 2 aromatic heterocycles. The summed E-state index contributed by atoms with van der Waals surface area (Å²) < 4.78 is 54.4. The van der Waals surface area contributed by atoms with Gasteiger partial charge in [-0.3, -0.25) is 14.4 Å². The van der Waals surface area contributed by atoms with Crippen LogP contribution in [0.5, 0.6) is 0 Å². The molecule has 0 bridgehead atoms. The number of nitrogens with zero attached hydrogens (tertiary/aromatic N) is 4. The quantitative estimate of drug-likeness (QED) is 0.110. The van der Waals surface area contributed by atoms with E-state index in [9.17, 15) is 32.3 Å². The molecule has 0 saturated heterocycles. The highest BCUT2D eigenvalue weighted by Gasteiger charge is 2.36. The van der Waals surface area contributed by atoms with E-state index in [4.69, 9.17) is 9.72 Å². The molecule has 274 valence electrons. The molecule has 3 aromatic rings. The highest BCUT2D eigenvalue weighted by Crippen LogP contribution is 2.31. The fourth-order valence-electron chi connectivity index (χ4n) is 5.08. The number of alkyl carbamates (subject to hydrolysis) is 1. The summed E-state index contributed by atoms with van der Waals surface area (Å²) in [6.45, 7) is 8.38. The first-order valence-electron chi connectivity index (χ1n) is 16.5. The summed E-state index contributed by atoms with van der Waals surface area (Å²) in [4.78, 5) is 57.1. The number of fused-ring (bicyclic) bond motifs is 1. The lowest BCUT2D eigenvalue weighted by Gasteiger charge is -2.17. The van der Waals surface area contributed by atoms with E-state index in [2.05, 4.69) is 29.7 Å². The number of hydrogen-bond donors (Lipinski definition) is 1. The number of amides is 2. The number of methoxy groups -OCH3 is 1. The number of hydrogen-bond acceptors (Lipinski definition) is 7. The third kappa shape index (κ3) is 11.7. The van der Waals surface area contributed by atoms with Crippen molar-refractivity contribution < 1.29 is 37.0 Å². The molecule has 0 radical (unpaired) electrons. The van der Waals surface area contributed by atoms with Crippen LogP contribution < -0.4 is 10.9 Å². The van der Waals surface area contributed by atoms with Gasteiger partial charge in [0.25, 0.3) is 5.56 Å². The van der Waals surface area contributed by atoms with E-state index in [-0.39, 0.29) is 44.0 Å². The van der Waals surface area contributed by atoms with Crippen LogP contribution in [-0.4, -0.2) is 84.9 Å².